The molecule has 8 nitrogen and oxygen atoms in total. The summed E-state index contributed by atoms with van der Waals surface area (Å²) in [6.07, 6.45) is 0.758. The molecule has 2 aromatic carbocycles. The lowest BCUT2D eigenvalue weighted by molar-refractivity contribution is 0.102. The van der Waals surface area contributed by atoms with E-state index in [0.717, 1.165) is 11.4 Å². The number of hydrogen-bond acceptors (Lipinski definition) is 7. The summed E-state index contributed by atoms with van der Waals surface area (Å²) in [6.45, 7) is 4.13. The van der Waals surface area contributed by atoms with Crippen molar-refractivity contribution in [3.63, 3.8) is 0 Å². The van der Waals surface area contributed by atoms with Crippen molar-refractivity contribution < 1.29 is 17.9 Å². The number of nitrogens with zero attached hydrogens (tertiary/aromatic N) is 2. The first-order chi connectivity index (χ1) is 14.7. The molecule has 0 radical (unpaired) electrons. The summed E-state index contributed by atoms with van der Waals surface area (Å²) < 4.78 is 33.2. The van der Waals surface area contributed by atoms with Gasteiger partial charge in [-0.15, -0.1) is 10.2 Å². The molecule has 3 rings (SSSR count). The normalized spacial score (nSPS) is 11.4. The van der Waals surface area contributed by atoms with E-state index in [9.17, 15) is 13.2 Å². The molecule has 0 spiro atoms. The summed E-state index contributed by atoms with van der Waals surface area (Å²) in [7, 11) is -2.51. The summed E-state index contributed by atoms with van der Waals surface area (Å²) >= 11 is 7.40. The summed E-state index contributed by atoms with van der Waals surface area (Å²) in [5.41, 5.74) is 0.457. The maximum absolute atomic E-state index is 12.8. The Morgan fingerprint density at radius 1 is 1.16 bits per heavy atom. The van der Waals surface area contributed by atoms with Crippen LogP contribution < -0.4 is 14.8 Å². The summed E-state index contributed by atoms with van der Waals surface area (Å²) in [5.74, 6) is 0.497. The fourth-order valence-corrected chi connectivity index (χ4v) is 5.16. The second-order valence-electron chi connectivity index (χ2n) is 7.03. The number of methoxy groups -OCH3 is 1. The molecule has 0 fully saturated rings. The zero-order valence-electron chi connectivity index (χ0n) is 17.0. The molecule has 0 bridgehead atoms. The Morgan fingerprint density at radius 2 is 1.87 bits per heavy atom. The van der Waals surface area contributed by atoms with Crippen LogP contribution in [0.2, 0.25) is 5.02 Å². The summed E-state index contributed by atoms with van der Waals surface area (Å²) in [5, 5.41) is 11.8. The molecule has 1 amide bonds. The monoisotopic (exact) mass is 480 g/mol. The van der Waals surface area contributed by atoms with Crippen LogP contribution in [-0.4, -0.2) is 31.6 Å². The number of amides is 1. The lowest BCUT2D eigenvalue weighted by Gasteiger charge is -2.11. The number of nitrogens with one attached hydrogen (secondary N) is 2. The van der Waals surface area contributed by atoms with E-state index < -0.39 is 15.9 Å². The number of hydrogen-bond donors (Lipinski definition) is 2. The van der Waals surface area contributed by atoms with Gasteiger partial charge in [0.1, 0.15) is 15.7 Å². The average Bonchev–Trinajstić information content (AvgIpc) is 3.14. The molecule has 11 heteroatoms. The molecule has 164 valence electrons. The van der Waals surface area contributed by atoms with Crippen molar-refractivity contribution in [1.82, 2.24) is 10.2 Å². The fraction of sp³-hybridized carbons (Fsp3) is 0.250. The number of sulfonamides is 1. The van der Waals surface area contributed by atoms with Gasteiger partial charge < -0.3 is 4.74 Å². The third-order valence-corrected chi connectivity index (χ3v) is 6.82. The second-order valence-corrected chi connectivity index (χ2v) is 10.2. The smallest absolute Gasteiger partial charge is 0.263 e. The van der Waals surface area contributed by atoms with E-state index in [1.54, 1.807) is 24.3 Å². The summed E-state index contributed by atoms with van der Waals surface area (Å²) in [4.78, 5) is 12.4. The highest BCUT2D eigenvalue weighted by Crippen LogP contribution is 2.27. The Balaban J connectivity index is 1.79. The van der Waals surface area contributed by atoms with Gasteiger partial charge in [0.05, 0.1) is 12.1 Å². The van der Waals surface area contributed by atoms with E-state index in [4.69, 9.17) is 16.3 Å². The first-order valence-electron chi connectivity index (χ1n) is 9.28. The second kappa shape index (κ2) is 9.63. The van der Waals surface area contributed by atoms with Crippen molar-refractivity contribution in [2.45, 2.75) is 25.2 Å². The Bertz CT molecular complexity index is 1180. The zero-order chi connectivity index (χ0) is 22.6. The Morgan fingerprint density at radius 3 is 2.52 bits per heavy atom. The first kappa shape index (κ1) is 23.0. The van der Waals surface area contributed by atoms with E-state index >= 15 is 0 Å². The molecule has 0 aliphatic heterocycles. The third-order valence-electron chi connectivity index (χ3n) is 4.10. The van der Waals surface area contributed by atoms with Crippen LogP contribution in [0.4, 0.5) is 10.8 Å². The molecule has 0 aliphatic rings. The molecule has 3 aromatic rings. The van der Waals surface area contributed by atoms with Gasteiger partial charge in [0.15, 0.2) is 0 Å². The van der Waals surface area contributed by atoms with Crippen LogP contribution in [0.15, 0.2) is 47.4 Å². The Kier molecular flexibility index (Phi) is 7.14. The quantitative estimate of drug-likeness (QED) is 0.492. The number of benzene rings is 2. The van der Waals surface area contributed by atoms with Gasteiger partial charge in [-0.25, -0.2) is 8.42 Å². The molecular formula is C20H21ClN4O4S2. The summed E-state index contributed by atoms with van der Waals surface area (Å²) in [6, 6.07) is 10.4. The number of rotatable bonds is 8. The van der Waals surface area contributed by atoms with Crippen LogP contribution in [0.25, 0.3) is 0 Å². The number of ether oxygens (including phenoxy) is 1. The van der Waals surface area contributed by atoms with Gasteiger partial charge in [-0.05, 0) is 48.4 Å². The number of carbonyl (C=O) groups excluding carboxylic acids is 1. The predicted molar refractivity (Wildman–Crippen MR) is 122 cm³/mol. The van der Waals surface area contributed by atoms with Crippen LogP contribution in [0.1, 0.15) is 29.2 Å². The lowest BCUT2D eigenvalue weighted by Crippen LogP contribution is -2.16. The van der Waals surface area contributed by atoms with Crippen LogP contribution in [0, 0.1) is 5.92 Å². The van der Waals surface area contributed by atoms with Crippen molar-refractivity contribution in [3.05, 3.63) is 58.1 Å². The largest absolute Gasteiger partial charge is 0.497 e. The minimum absolute atomic E-state index is 0.00676. The Labute approximate surface area is 189 Å². The maximum atomic E-state index is 12.8. The molecule has 0 unspecified atom stereocenters. The molecule has 0 atom stereocenters. The SMILES string of the molecule is COc1ccc(NS(=O)(=O)c2cc(C(=O)Nc3nnc(CC(C)C)s3)ccc2Cl)cc1. The standard InChI is InChI=1S/C20H21ClN4O4S2/c1-12(2)10-18-23-24-20(30-18)22-19(26)13-4-9-16(21)17(11-13)31(27,28)25-14-5-7-15(29-3)8-6-14/h4-9,11-12,25H,10H2,1-3H3,(H,22,24,26). The number of halogens is 1. The molecule has 0 aliphatic carbocycles. The van der Waals surface area contributed by atoms with E-state index in [0.29, 0.717) is 22.5 Å². The van der Waals surface area contributed by atoms with Crippen LogP contribution in [0.3, 0.4) is 0 Å². The molecule has 1 heterocycles. The van der Waals surface area contributed by atoms with Crippen LogP contribution >= 0.6 is 22.9 Å². The molecular weight excluding hydrogens is 460 g/mol. The van der Waals surface area contributed by atoms with Crippen molar-refractivity contribution in [2.75, 3.05) is 17.1 Å². The van der Waals surface area contributed by atoms with E-state index in [2.05, 4.69) is 34.1 Å². The van der Waals surface area contributed by atoms with Crippen molar-refractivity contribution in [1.29, 1.82) is 0 Å². The predicted octanol–water partition coefficient (Wildman–Crippen LogP) is 4.45. The van der Waals surface area contributed by atoms with Gasteiger partial charge >= 0.3 is 0 Å². The highest BCUT2D eigenvalue weighted by molar-refractivity contribution is 7.92. The molecule has 1 aromatic heterocycles. The minimum atomic E-state index is -4.03. The number of aromatic nitrogens is 2. The van der Waals surface area contributed by atoms with Crippen molar-refractivity contribution in [3.8, 4) is 5.75 Å². The van der Waals surface area contributed by atoms with Gasteiger partial charge in [0.2, 0.25) is 5.13 Å². The average molecular weight is 481 g/mol. The molecule has 0 saturated carbocycles. The highest BCUT2D eigenvalue weighted by Gasteiger charge is 2.21. The molecule has 0 saturated heterocycles. The van der Waals surface area contributed by atoms with E-state index in [1.165, 1.54) is 36.6 Å². The van der Waals surface area contributed by atoms with E-state index in [1.807, 2.05) is 0 Å². The first-order valence-corrected chi connectivity index (χ1v) is 12.0. The van der Waals surface area contributed by atoms with Gasteiger partial charge in [-0.2, -0.15) is 0 Å². The van der Waals surface area contributed by atoms with Gasteiger partial charge in [0, 0.05) is 17.7 Å². The topological polar surface area (TPSA) is 110 Å². The molecule has 31 heavy (non-hydrogen) atoms. The van der Waals surface area contributed by atoms with E-state index in [-0.39, 0.29) is 15.5 Å². The highest BCUT2D eigenvalue weighted by atomic mass is 35.5. The van der Waals surface area contributed by atoms with Crippen LogP contribution in [-0.2, 0) is 16.4 Å². The third kappa shape index (κ3) is 5.93. The minimum Gasteiger partial charge on any atom is -0.497 e. The van der Waals surface area contributed by atoms with Crippen molar-refractivity contribution in [2.24, 2.45) is 5.92 Å². The van der Waals surface area contributed by atoms with Gasteiger partial charge in [-0.1, -0.05) is 36.8 Å². The Hall–Kier alpha value is -2.69. The van der Waals surface area contributed by atoms with Crippen LogP contribution in [0.5, 0.6) is 5.75 Å². The number of carbonyl (C=O) groups is 1. The maximum Gasteiger partial charge on any atom is 0.263 e. The fourth-order valence-electron chi connectivity index (χ4n) is 2.62. The number of anilines is 2. The van der Waals surface area contributed by atoms with Crippen molar-refractivity contribution >= 4 is 49.7 Å². The molecule has 2 N–H and O–H groups in total. The van der Waals surface area contributed by atoms with Gasteiger partial charge in [0.25, 0.3) is 15.9 Å². The lowest BCUT2D eigenvalue weighted by atomic mass is 10.1. The van der Waals surface area contributed by atoms with Gasteiger partial charge in [-0.3, -0.25) is 14.8 Å². The zero-order valence-corrected chi connectivity index (χ0v) is 19.4.